The van der Waals surface area contributed by atoms with E-state index in [1.54, 1.807) is 0 Å². The topological polar surface area (TPSA) is 92.4 Å². The maximum atomic E-state index is 11.3. The van der Waals surface area contributed by atoms with Crippen molar-refractivity contribution in [1.29, 1.82) is 0 Å². The van der Waals surface area contributed by atoms with Crippen LogP contribution in [0.5, 0.6) is 0 Å². The summed E-state index contributed by atoms with van der Waals surface area (Å²) in [4.78, 5) is 21.8. The molecule has 0 unspecified atom stereocenters. The van der Waals surface area contributed by atoms with E-state index in [-0.39, 0.29) is 6.42 Å². The molecular weight excluding hydrogens is 208 g/mol. The highest BCUT2D eigenvalue weighted by Gasteiger charge is 2.15. The van der Waals surface area contributed by atoms with Gasteiger partial charge >= 0.3 is 0 Å². The number of nitrogens with two attached hydrogens (primary N) is 1. The van der Waals surface area contributed by atoms with Gasteiger partial charge in [-0.2, -0.15) is 0 Å². The molecule has 4 N–H and O–H groups in total. The number of benzene rings is 1. The average Bonchev–Trinajstić information content (AvgIpc) is 2.27. The Kier molecular flexibility index (Phi) is 4.47. The van der Waals surface area contributed by atoms with Crippen molar-refractivity contribution in [2.45, 2.75) is 19.1 Å². The number of rotatable bonds is 5. The van der Waals surface area contributed by atoms with Crippen molar-refractivity contribution in [2.75, 3.05) is 0 Å². The van der Waals surface area contributed by atoms with Crippen LogP contribution in [0, 0.1) is 0 Å². The highest BCUT2D eigenvalue weighted by Crippen LogP contribution is 1.98. The molecule has 2 amide bonds. The van der Waals surface area contributed by atoms with E-state index in [0.717, 1.165) is 5.56 Å². The van der Waals surface area contributed by atoms with Gasteiger partial charge in [-0.25, -0.2) is 0 Å². The van der Waals surface area contributed by atoms with Crippen LogP contribution < -0.4 is 11.1 Å². The van der Waals surface area contributed by atoms with Crippen LogP contribution in [0.25, 0.3) is 0 Å². The lowest BCUT2D eigenvalue weighted by molar-refractivity contribution is -0.132. The minimum atomic E-state index is -1.42. The maximum Gasteiger partial charge on any atom is 0.246 e. The predicted molar refractivity (Wildman–Crippen MR) is 58.1 cm³/mol. The molecule has 0 saturated heterocycles. The van der Waals surface area contributed by atoms with Crippen LogP contribution in [-0.4, -0.2) is 23.0 Å². The smallest absolute Gasteiger partial charge is 0.246 e. The molecule has 5 heteroatoms. The number of nitrogens with one attached hydrogen (secondary N) is 1. The minimum Gasteiger partial charge on any atom is -0.383 e. The molecule has 0 saturated carbocycles. The Bertz CT molecular complexity index is 365. The van der Waals surface area contributed by atoms with Crippen molar-refractivity contribution in [3.8, 4) is 0 Å². The van der Waals surface area contributed by atoms with Crippen LogP contribution in [0.1, 0.15) is 12.0 Å². The van der Waals surface area contributed by atoms with E-state index in [1.165, 1.54) is 0 Å². The number of aliphatic hydroxyl groups excluding tert-OH is 1. The summed E-state index contributed by atoms with van der Waals surface area (Å²) >= 11 is 0. The van der Waals surface area contributed by atoms with E-state index in [0.29, 0.717) is 6.54 Å². The van der Waals surface area contributed by atoms with Crippen molar-refractivity contribution in [3.05, 3.63) is 35.9 Å². The summed E-state index contributed by atoms with van der Waals surface area (Å²) in [5.41, 5.74) is 5.77. The summed E-state index contributed by atoms with van der Waals surface area (Å²) in [6.45, 7) is 0.366. The number of hydrogen-bond donors (Lipinski definition) is 3. The summed E-state index contributed by atoms with van der Waals surface area (Å²) in [6, 6.07) is 9.33. The lowest BCUT2D eigenvalue weighted by Crippen LogP contribution is -2.34. The van der Waals surface area contributed by atoms with Gasteiger partial charge in [0.2, 0.25) is 11.8 Å². The van der Waals surface area contributed by atoms with Gasteiger partial charge in [-0.05, 0) is 5.56 Å². The molecular formula is C11H14N2O3. The number of carbonyl (C=O) groups is 2. The zero-order chi connectivity index (χ0) is 12.0. The van der Waals surface area contributed by atoms with E-state index in [2.05, 4.69) is 5.32 Å². The van der Waals surface area contributed by atoms with Crippen LogP contribution in [-0.2, 0) is 16.1 Å². The Labute approximate surface area is 93.3 Å². The van der Waals surface area contributed by atoms with Gasteiger partial charge in [0.15, 0.2) is 0 Å². The summed E-state index contributed by atoms with van der Waals surface area (Å²) in [6.07, 6.45) is -1.72. The van der Waals surface area contributed by atoms with Crippen LogP contribution in [0.3, 0.4) is 0 Å². The summed E-state index contributed by atoms with van der Waals surface area (Å²) in [7, 11) is 0. The molecule has 86 valence electrons. The first-order valence-corrected chi connectivity index (χ1v) is 4.87. The number of primary amides is 1. The van der Waals surface area contributed by atoms with Gasteiger partial charge in [-0.15, -0.1) is 0 Å². The van der Waals surface area contributed by atoms with Gasteiger partial charge in [-0.3, -0.25) is 9.59 Å². The fourth-order valence-electron chi connectivity index (χ4n) is 1.14. The first kappa shape index (κ1) is 12.2. The van der Waals surface area contributed by atoms with E-state index < -0.39 is 17.9 Å². The van der Waals surface area contributed by atoms with Gasteiger partial charge in [0.1, 0.15) is 6.10 Å². The number of aliphatic hydroxyl groups is 1. The molecule has 0 fully saturated rings. The highest BCUT2D eigenvalue weighted by atomic mass is 16.3. The second kappa shape index (κ2) is 5.87. The van der Waals surface area contributed by atoms with Crippen LogP contribution in [0.4, 0.5) is 0 Å². The van der Waals surface area contributed by atoms with Crippen molar-refractivity contribution in [3.63, 3.8) is 0 Å². The van der Waals surface area contributed by atoms with Crippen molar-refractivity contribution >= 4 is 11.8 Å². The van der Waals surface area contributed by atoms with Gasteiger partial charge in [0, 0.05) is 6.54 Å². The molecule has 0 aliphatic carbocycles. The Morgan fingerprint density at radius 2 is 1.94 bits per heavy atom. The standard InChI is InChI=1S/C11H14N2O3/c12-11(16)9(14)6-10(15)13-7-8-4-2-1-3-5-8/h1-5,9,14H,6-7H2,(H2,12,16)(H,13,15)/t9-/m1/s1. The SMILES string of the molecule is NC(=O)[C@H](O)CC(=O)NCc1ccccc1. The Morgan fingerprint density at radius 3 is 2.50 bits per heavy atom. The van der Waals surface area contributed by atoms with E-state index in [9.17, 15) is 9.59 Å². The third-order valence-electron chi connectivity index (χ3n) is 2.04. The van der Waals surface area contributed by atoms with E-state index in [4.69, 9.17) is 10.8 Å². The first-order valence-electron chi connectivity index (χ1n) is 4.87. The van der Waals surface area contributed by atoms with Gasteiger partial charge in [0.25, 0.3) is 0 Å². The average molecular weight is 222 g/mol. The predicted octanol–water partition coefficient (Wildman–Crippen LogP) is -0.461. The summed E-state index contributed by atoms with van der Waals surface area (Å²) in [5, 5.41) is 11.6. The van der Waals surface area contributed by atoms with Crippen LogP contribution >= 0.6 is 0 Å². The zero-order valence-corrected chi connectivity index (χ0v) is 8.72. The molecule has 0 spiro atoms. The second-order valence-corrected chi connectivity index (χ2v) is 3.38. The van der Waals surface area contributed by atoms with Crippen molar-refractivity contribution < 1.29 is 14.7 Å². The molecule has 0 aliphatic heterocycles. The van der Waals surface area contributed by atoms with Crippen molar-refractivity contribution in [2.24, 2.45) is 5.73 Å². The normalized spacial score (nSPS) is 11.8. The quantitative estimate of drug-likeness (QED) is 0.629. The molecule has 16 heavy (non-hydrogen) atoms. The molecule has 1 atom stereocenters. The first-order chi connectivity index (χ1) is 7.59. The molecule has 5 nitrogen and oxygen atoms in total. The van der Waals surface area contributed by atoms with Gasteiger partial charge in [0.05, 0.1) is 6.42 Å². The fourth-order valence-corrected chi connectivity index (χ4v) is 1.14. The lowest BCUT2D eigenvalue weighted by Gasteiger charge is -2.07. The third kappa shape index (κ3) is 4.10. The molecule has 0 aliphatic rings. The molecule has 0 radical (unpaired) electrons. The Morgan fingerprint density at radius 1 is 1.31 bits per heavy atom. The van der Waals surface area contributed by atoms with E-state index in [1.807, 2.05) is 30.3 Å². The zero-order valence-electron chi connectivity index (χ0n) is 8.72. The Balaban J connectivity index is 2.33. The number of amides is 2. The molecule has 1 aromatic rings. The van der Waals surface area contributed by atoms with Gasteiger partial charge in [-0.1, -0.05) is 30.3 Å². The molecule has 0 aromatic heterocycles. The minimum absolute atomic E-state index is 0.303. The Hall–Kier alpha value is -1.88. The molecule has 0 heterocycles. The lowest BCUT2D eigenvalue weighted by atomic mass is 10.2. The number of carbonyl (C=O) groups excluding carboxylic acids is 2. The highest BCUT2D eigenvalue weighted by molar-refractivity contribution is 5.86. The van der Waals surface area contributed by atoms with E-state index >= 15 is 0 Å². The largest absolute Gasteiger partial charge is 0.383 e. The second-order valence-electron chi connectivity index (χ2n) is 3.38. The molecule has 1 aromatic carbocycles. The monoisotopic (exact) mass is 222 g/mol. The third-order valence-corrected chi connectivity index (χ3v) is 2.04. The molecule has 0 bridgehead atoms. The van der Waals surface area contributed by atoms with Gasteiger partial charge < -0.3 is 16.2 Å². The van der Waals surface area contributed by atoms with Crippen molar-refractivity contribution in [1.82, 2.24) is 5.32 Å². The molecule has 1 rings (SSSR count). The summed E-state index contributed by atoms with van der Waals surface area (Å²) < 4.78 is 0. The van der Waals surface area contributed by atoms with Crippen LogP contribution in [0.2, 0.25) is 0 Å². The van der Waals surface area contributed by atoms with Crippen LogP contribution in [0.15, 0.2) is 30.3 Å². The fraction of sp³-hybridized carbons (Fsp3) is 0.273. The number of hydrogen-bond acceptors (Lipinski definition) is 3. The maximum absolute atomic E-state index is 11.3. The summed E-state index contributed by atoms with van der Waals surface area (Å²) in [5.74, 6) is -1.30.